The second kappa shape index (κ2) is 15.1. The summed E-state index contributed by atoms with van der Waals surface area (Å²) in [6.07, 6.45) is 1.77. The summed E-state index contributed by atoms with van der Waals surface area (Å²) in [5, 5.41) is 44.3. The van der Waals surface area contributed by atoms with E-state index in [9.17, 15) is 39.3 Å². The molecule has 0 radical (unpaired) electrons. The summed E-state index contributed by atoms with van der Waals surface area (Å²) in [5.74, 6) is -1.30. The smallest absolute Gasteiger partial charge is 0.412 e. The third-order valence-electron chi connectivity index (χ3n) is 10.5. The number of ether oxygens (including phenoxy) is 1. The number of carbonyl (C=O) groups excluding carboxylic acids is 5. The number of phenols is 2. The molecule has 1 atom stereocenters. The fourth-order valence-corrected chi connectivity index (χ4v) is 7.49. The van der Waals surface area contributed by atoms with Gasteiger partial charge in [-0.15, -0.1) is 5.10 Å². The Bertz CT molecular complexity index is 2170. The Morgan fingerprint density at radius 1 is 0.945 bits per heavy atom. The number of benzene rings is 3. The zero-order valence-corrected chi connectivity index (χ0v) is 30.3. The zero-order valence-electron chi connectivity index (χ0n) is 30.3. The lowest BCUT2D eigenvalue weighted by atomic mass is 9.90. The van der Waals surface area contributed by atoms with Crippen LogP contribution in [-0.4, -0.2) is 95.3 Å². The molecule has 7 rings (SSSR count). The molecule has 1 aromatic heterocycles. The van der Waals surface area contributed by atoms with Gasteiger partial charge in [0.2, 0.25) is 11.8 Å². The highest BCUT2D eigenvalue weighted by Gasteiger charge is 2.40. The van der Waals surface area contributed by atoms with E-state index in [-0.39, 0.29) is 66.4 Å². The van der Waals surface area contributed by atoms with Gasteiger partial charge >= 0.3 is 12.1 Å². The molecule has 0 saturated carbocycles. The number of carbonyl (C=O) groups is 5. The molecule has 5 amide bonds. The van der Waals surface area contributed by atoms with Crippen molar-refractivity contribution in [2.75, 3.05) is 25.0 Å². The Balaban J connectivity index is 0.898. The summed E-state index contributed by atoms with van der Waals surface area (Å²) in [6, 6.07) is 14.2. The molecule has 16 nitrogen and oxygen atoms in total. The maximum Gasteiger partial charge on any atom is 0.412 e. The predicted molar refractivity (Wildman–Crippen MR) is 196 cm³/mol. The minimum absolute atomic E-state index is 0.0196. The van der Waals surface area contributed by atoms with Crippen molar-refractivity contribution in [1.82, 2.24) is 29.9 Å². The van der Waals surface area contributed by atoms with E-state index >= 15 is 0 Å². The molecule has 0 bridgehead atoms. The number of anilines is 1. The monoisotopic (exact) mass is 751 g/mol. The average molecular weight is 752 g/mol. The maximum absolute atomic E-state index is 13.1. The fourth-order valence-electron chi connectivity index (χ4n) is 7.49. The van der Waals surface area contributed by atoms with Crippen molar-refractivity contribution in [3.63, 3.8) is 0 Å². The summed E-state index contributed by atoms with van der Waals surface area (Å²) in [6.45, 7) is 4.47. The number of piperidine rings is 2. The summed E-state index contributed by atoms with van der Waals surface area (Å²) >= 11 is 0. The van der Waals surface area contributed by atoms with Crippen molar-refractivity contribution < 1.29 is 44.0 Å². The minimum Gasteiger partial charge on any atom is -0.508 e. The van der Waals surface area contributed by atoms with Gasteiger partial charge in [0.15, 0.2) is 12.4 Å². The Hall–Kier alpha value is -6.45. The molecule has 4 heterocycles. The van der Waals surface area contributed by atoms with Crippen LogP contribution < -0.4 is 10.6 Å². The normalized spacial score (nSPS) is 17.4. The Labute approximate surface area is 315 Å². The maximum atomic E-state index is 13.1. The number of imide groups is 1. The minimum atomic E-state index is -0.848. The molecule has 0 spiro atoms. The highest BCUT2D eigenvalue weighted by Crippen LogP contribution is 2.39. The molecule has 286 valence electrons. The van der Waals surface area contributed by atoms with Gasteiger partial charge in [0.1, 0.15) is 17.5 Å². The second-order valence-electron chi connectivity index (χ2n) is 14.4. The molecule has 5 N–H and O–H groups in total. The van der Waals surface area contributed by atoms with Gasteiger partial charge in [0.25, 0.3) is 11.8 Å². The van der Waals surface area contributed by atoms with E-state index in [1.165, 1.54) is 15.5 Å². The van der Waals surface area contributed by atoms with Gasteiger partial charge in [0, 0.05) is 48.9 Å². The Morgan fingerprint density at radius 2 is 1.69 bits per heavy atom. The van der Waals surface area contributed by atoms with Crippen molar-refractivity contribution in [2.24, 2.45) is 5.92 Å². The first-order valence-corrected chi connectivity index (χ1v) is 18.2. The number of amides is 5. The van der Waals surface area contributed by atoms with Crippen LogP contribution in [-0.2, 0) is 32.1 Å². The molecule has 2 saturated heterocycles. The van der Waals surface area contributed by atoms with Gasteiger partial charge in [0.05, 0.1) is 11.3 Å². The number of phenolic OH excluding ortho intramolecular Hbond substituents is 2. The highest BCUT2D eigenvalue weighted by molar-refractivity contribution is 6.06. The molecule has 1 unspecified atom stereocenters. The molecular formula is C39H41N7O9. The average Bonchev–Trinajstić information content (AvgIpc) is 3.70. The van der Waals surface area contributed by atoms with E-state index in [4.69, 9.17) is 4.74 Å². The number of fused-ring (bicyclic) bond motifs is 1. The van der Waals surface area contributed by atoms with Crippen molar-refractivity contribution in [3.8, 4) is 34.6 Å². The molecule has 2 fully saturated rings. The van der Waals surface area contributed by atoms with Crippen molar-refractivity contribution in [3.05, 3.63) is 76.9 Å². The third kappa shape index (κ3) is 7.52. The van der Waals surface area contributed by atoms with Gasteiger partial charge in [-0.05, 0) is 79.0 Å². The summed E-state index contributed by atoms with van der Waals surface area (Å²) < 4.78 is 6.69. The van der Waals surface area contributed by atoms with Gasteiger partial charge in [-0.3, -0.25) is 29.8 Å². The Morgan fingerprint density at radius 3 is 2.40 bits per heavy atom. The first-order valence-electron chi connectivity index (χ1n) is 18.2. The number of aromatic nitrogens is 3. The molecular weight excluding hydrogens is 710 g/mol. The number of hydrogen-bond donors (Lipinski definition) is 5. The van der Waals surface area contributed by atoms with E-state index in [1.54, 1.807) is 29.2 Å². The van der Waals surface area contributed by atoms with E-state index in [0.29, 0.717) is 52.6 Å². The van der Waals surface area contributed by atoms with Crippen LogP contribution in [0.2, 0.25) is 0 Å². The van der Waals surface area contributed by atoms with Gasteiger partial charge in [-0.25, -0.2) is 9.36 Å². The first-order chi connectivity index (χ1) is 26.4. The van der Waals surface area contributed by atoms with E-state index in [2.05, 4.69) is 20.8 Å². The number of likely N-dealkylation sites (tertiary alicyclic amines) is 1. The van der Waals surface area contributed by atoms with Crippen LogP contribution in [0.1, 0.15) is 72.5 Å². The van der Waals surface area contributed by atoms with Gasteiger partial charge in [-0.2, -0.15) is 0 Å². The van der Waals surface area contributed by atoms with Crippen molar-refractivity contribution in [2.45, 2.75) is 64.5 Å². The van der Waals surface area contributed by atoms with Crippen LogP contribution in [0.25, 0.3) is 17.1 Å². The van der Waals surface area contributed by atoms with Crippen molar-refractivity contribution >= 4 is 35.4 Å². The van der Waals surface area contributed by atoms with E-state index < -0.39 is 24.6 Å². The topological polar surface area (TPSA) is 217 Å². The Kier molecular flexibility index (Phi) is 10.1. The van der Waals surface area contributed by atoms with Crippen molar-refractivity contribution in [1.29, 1.82) is 0 Å². The number of hydrogen-bond acceptors (Lipinski definition) is 11. The summed E-state index contributed by atoms with van der Waals surface area (Å²) in [5.41, 5.74) is 3.79. The number of rotatable bonds is 9. The van der Waals surface area contributed by atoms with Gasteiger partial charge in [-0.1, -0.05) is 37.1 Å². The number of aromatic hydroxyl groups is 3. The molecule has 55 heavy (non-hydrogen) atoms. The molecule has 16 heteroatoms. The predicted octanol–water partition coefficient (Wildman–Crippen LogP) is 3.97. The fraction of sp³-hybridized carbons (Fsp3) is 0.359. The molecule has 3 aromatic carbocycles. The van der Waals surface area contributed by atoms with Crippen LogP contribution in [0.4, 0.5) is 10.5 Å². The second-order valence-corrected chi connectivity index (χ2v) is 14.4. The quantitative estimate of drug-likeness (QED) is 0.154. The lowest BCUT2D eigenvalue weighted by molar-refractivity contribution is -0.137. The SMILES string of the molecule is CC(C)c1cc(-c2nnc(O)n2-c2ccc(CC3CCN(C(=O)COC(=O)Nc4cccc5c4CN(C4CCC(=O)NC4=O)C5=O)CC3)cc2)c(O)cc1O. The van der Waals surface area contributed by atoms with Crippen LogP contribution in [0, 0.1) is 5.92 Å². The third-order valence-corrected chi connectivity index (χ3v) is 10.5. The lowest BCUT2D eigenvalue weighted by Gasteiger charge is -2.32. The highest BCUT2D eigenvalue weighted by atomic mass is 16.6. The number of nitrogens with one attached hydrogen (secondary N) is 2. The molecule has 3 aliphatic heterocycles. The molecule has 4 aromatic rings. The van der Waals surface area contributed by atoms with Crippen LogP contribution in [0.3, 0.4) is 0 Å². The van der Waals surface area contributed by atoms with Crippen LogP contribution in [0.15, 0.2) is 54.6 Å². The first kappa shape index (κ1) is 36.9. The zero-order chi connectivity index (χ0) is 39.0. The van der Waals surface area contributed by atoms with Gasteiger partial charge < -0.3 is 29.9 Å². The lowest BCUT2D eigenvalue weighted by Crippen LogP contribution is -2.52. The molecule has 3 aliphatic rings. The number of nitrogens with zero attached hydrogens (tertiary/aromatic N) is 5. The largest absolute Gasteiger partial charge is 0.508 e. The van der Waals surface area contributed by atoms with Crippen LogP contribution in [0.5, 0.6) is 17.5 Å². The van der Waals surface area contributed by atoms with Crippen LogP contribution >= 0.6 is 0 Å². The van der Waals surface area contributed by atoms with E-state index in [1.807, 2.05) is 38.1 Å². The standard InChI is InChI=1S/C39H41N7O9/c1-21(2)26-17-27(32(48)18-31(26)47)35-42-43-38(53)46(35)24-8-6-22(7-9-24)16-23-12-14-44(15-13-23)34(50)20-55-39(54)40-29-5-3-4-25-28(29)19-45(37(25)52)30-10-11-33(49)41-36(30)51/h3-9,17-18,21,23,30,47-48H,10-16,19-20H2,1-2H3,(H,40,54)(H,43,53)(H,41,49,51). The summed E-state index contributed by atoms with van der Waals surface area (Å²) in [7, 11) is 0. The van der Waals surface area contributed by atoms with E-state index in [0.717, 1.165) is 24.8 Å². The molecule has 0 aliphatic carbocycles. The summed E-state index contributed by atoms with van der Waals surface area (Å²) in [4.78, 5) is 65.8.